The van der Waals surface area contributed by atoms with Crippen LogP contribution in [0.3, 0.4) is 0 Å². The molecule has 0 saturated heterocycles. The van der Waals surface area contributed by atoms with Gasteiger partial charge in [-0.05, 0) is 50.7 Å². The molecule has 5 heteroatoms. The van der Waals surface area contributed by atoms with E-state index in [4.69, 9.17) is 0 Å². The highest BCUT2D eigenvalue weighted by Crippen LogP contribution is 2.32. The number of hydrogen-bond donors (Lipinski definition) is 2. The molecule has 1 aliphatic carbocycles. The lowest BCUT2D eigenvalue weighted by molar-refractivity contribution is -0.146. The summed E-state index contributed by atoms with van der Waals surface area (Å²) in [6, 6.07) is 3.26. The predicted molar refractivity (Wildman–Crippen MR) is 74.4 cm³/mol. The van der Waals surface area contributed by atoms with Gasteiger partial charge in [0.1, 0.15) is 5.54 Å². The molecule has 1 saturated carbocycles. The van der Waals surface area contributed by atoms with E-state index in [9.17, 15) is 14.7 Å². The topological polar surface area (TPSA) is 79.3 Å². The Bertz CT molecular complexity index is 520. The van der Waals surface area contributed by atoms with E-state index in [1.807, 2.05) is 0 Å². The Labute approximate surface area is 118 Å². The summed E-state index contributed by atoms with van der Waals surface area (Å²) < 4.78 is 0. The number of pyridine rings is 1. The van der Waals surface area contributed by atoms with Crippen LogP contribution in [0.15, 0.2) is 18.3 Å². The Morgan fingerprint density at radius 1 is 1.40 bits per heavy atom. The number of carboxylic acid groups (broad SMARTS) is 1. The number of aromatic nitrogens is 1. The highest BCUT2D eigenvalue weighted by atomic mass is 16.4. The van der Waals surface area contributed by atoms with Crippen molar-refractivity contribution in [2.45, 2.75) is 45.1 Å². The van der Waals surface area contributed by atoms with Gasteiger partial charge in [0.05, 0.1) is 0 Å². The molecule has 1 heterocycles. The van der Waals surface area contributed by atoms with Gasteiger partial charge < -0.3 is 10.4 Å². The summed E-state index contributed by atoms with van der Waals surface area (Å²) in [6.45, 7) is 3.91. The molecule has 1 fully saturated rings. The zero-order valence-corrected chi connectivity index (χ0v) is 11.8. The van der Waals surface area contributed by atoms with Crippen molar-refractivity contribution >= 4 is 11.9 Å². The third-order valence-electron chi connectivity index (χ3n) is 4.05. The third-order valence-corrected chi connectivity index (χ3v) is 4.05. The minimum atomic E-state index is -1.12. The number of carbonyl (C=O) groups is 2. The molecule has 0 aromatic carbocycles. The molecule has 0 unspecified atom stereocenters. The van der Waals surface area contributed by atoms with Gasteiger partial charge in [-0.15, -0.1) is 0 Å². The van der Waals surface area contributed by atoms with Crippen molar-refractivity contribution in [3.05, 3.63) is 29.6 Å². The molecule has 0 radical (unpaired) electrons. The Balaban J connectivity index is 2.17. The SMILES string of the molecule is Cc1cc(C(=O)NC2(C(=O)O)CCC(C)CC2)ccn1. The number of aliphatic carboxylic acids is 1. The molecule has 108 valence electrons. The molecular weight excluding hydrogens is 256 g/mol. The van der Waals surface area contributed by atoms with Crippen molar-refractivity contribution in [1.82, 2.24) is 10.3 Å². The van der Waals surface area contributed by atoms with E-state index in [0.717, 1.165) is 18.5 Å². The Hall–Kier alpha value is -1.91. The van der Waals surface area contributed by atoms with E-state index in [2.05, 4.69) is 17.2 Å². The summed E-state index contributed by atoms with van der Waals surface area (Å²) >= 11 is 0. The van der Waals surface area contributed by atoms with Gasteiger partial charge in [-0.1, -0.05) is 6.92 Å². The van der Waals surface area contributed by atoms with Crippen LogP contribution in [0.5, 0.6) is 0 Å². The lowest BCUT2D eigenvalue weighted by Crippen LogP contribution is -2.56. The minimum absolute atomic E-state index is 0.340. The van der Waals surface area contributed by atoms with Gasteiger partial charge in [0, 0.05) is 17.5 Å². The minimum Gasteiger partial charge on any atom is -0.480 e. The largest absolute Gasteiger partial charge is 0.480 e. The van der Waals surface area contributed by atoms with E-state index < -0.39 is 11.5 Å². The van der Waals surface area contributed by atoms with Gasteiger partial charge in [0.2, 0.25) is 0 Å². The predicted octanol–water partition coefficient (Wildman–Crippen LogP) is 2.15. The zero-order valence-electron chi connectivity index (χ0n) is 11.8. The number of nitrogens with zero attached hydrogens (tertiary/aromatic N) is 1. The normalized spacial score (nSPS) is 26.0. The number of rotatable bonds is 3. The number of carboxylic acids is 1. The van der Waals surface area contributed by atoms with Gasteiger partial charge in [-0.25, -0.2) is 4.79 Å². The first kappa shape index (κ1) is 14.5. The third kappa shape index (κ3) is 2.98. The molecule has 5 nitrogen and oxygen atoms in total. The lowest BCUT2D eigenvalue weighted by Gasteiger charge is -2.36. The molecule has 2 rings (SSSR count). The van der Waals surface area contributed by atoms with E-state index in [1.54, 1.807) is 25.3 Å². The van der Waals surface area contributed by atoms with Crippen molar-refractivity contribution in [2.75, 3.05) is 0 Å². The number of carbonyl (C=O) groups excluding carboxylic acids is 1. The van der Waals surface area contributed by atoms with Gasteiger partial charge in [0.15, 0.2) is 0 Å². The van der Waals surface area contributed by atoms with Gasteiger partial charge in [-0.3, -0.25) is 9.78 Å². The Morgan fingerprint density at radius 2 is 2.05 bits per heavy atom. The highest BCUT2D eigenvalue weighted by molar-refractivity contribution is 5.97. The molecule has 1 aliphatic rings. The lowest BCUT2D eigenvalue weighted by atomic mass is 9.77. The standard InChI is InChI=1S/C15H20N2O3/c1-10-3-6-15(7-4-10,14(19)20)17-13(18)12-5-8-16-11(2)9-12/h5,8-10H,3-4,6-7H2,1-2H3,(H,17,18)(H,19,20). The quantitative estimate of drug-likeness (QED) is 0.886. The average molecular weight is 276 g/mol. The number of hydrogen-bond acceptors (Lipinski definition) is 3. The maximum atomic E-state index is 12.3. The second-order valence-corrected chi connectivity index (χ2v) is 5.71. The fourth-order valence-corrected chi connectivity index (χ4v) is 2.62. The summed E-state index contributed by atoms with van der Waals surface area (Å²) in [4.78, 5) is 27.9. The van der Waals surface area contributed by atoms with Crippen molar-refractivity contribution < 1.29 is 14.7 Å². The van der Waals surface area contributed by atoms with E-state index in [1.165, 1.54) is 0 Å². The fourth-order valence-electron chi connectivity index (χ4n) is 2.62. The van der Waals surface area contributed by atoms with E-state index in [-0.39, 0.29) is 5.91 Å². The van der Waals surface area contributed by atoms with Crippen molar-refractivity contribution in [1.29, 1.82) is 0 Å². The van der Waals surface area contributed by atoms with E-state index >= 15 is 0 Å². The average Bonchev–Trinajstić information content (AvgIpc) is 2.41. The second kappa shape index (κ2) is 5.61. The van der Waals surface area contributed by atoms with Crippen molar-refractivity contribution in [2.24, 2.45) is 5.92 Å². The smallest absolute Gasteiger partial charge is 0.329 e. The van der Waals surface area contributed by atoms with Crippen molar-refractivity contribution in [3.63, 3.8) is 0 Å². The maximum Gasteiger partial charge on any atom is 0.329 e. The number of amides is 1. The van der Waals surface area contributed by atoms with Crippen LogP contribution in [0.4, 0.5) is 0 Å². The summed E-state index contributed by atoms with van der Waals surface area (Å²) in [5.41, 5.74) is 0.0665. The molecule has 0 atom stereocenters. The first-order chi connectivity index (χ1) is 9.43. The van der Waals surface area contributed by atoms with Gasteiger partial charge >= 0.3 is 5.97 Å². The molecule has 20 heavy (non-hydrogen) atoms. The summed E-state index contributed by atoms with van der Waals surface area (Å²) in [5, 5.41) is 12.2. The second-order valence-electron chi connectivity index (χ2n) is 5.71. The van der Waals surface area contributed by atoms with Crippen LogP contribution in [0.2, 0.25) is 0 Å². The highest BCUT2D eigenvalue weighted by Gasteiger charge is 2.42. The van der Waals surface area contributed by atoms with Gasteiger partial charge in [0.25, 0.3) is 5.91 Å². The first-order valence-corrected chi connectivity index (χ1v) is 6.91. The molecule has 1 aromatic heterocycles. The van der Waals surface area contributed by atoms with Crippen LogP contribution in [-0.4, -0.2) is 27.5 Å². The Kier molecular flexibility index (Phi) is 4.06. The summed E-state index contributed by atoms with van der Waals surface area (Å²) in [5.74, 6) is -0.765. The molecule has 1 aromatic rings. The molecule has 0 bridgehead atoms. The van der Waals surface area contributed by atoms with Crippen LogP contribution in [-0.2, 0) is 4.79 Å². The molecule has 0 aliphatic heterocycles. The summed E-state index contributed by atoms with van der Waals surface area (Å²) in [7, 11) is 0. The summed E-state index contributed by atoms with van der Waals surface area (Å²) in [6.07, 6.45) is 4.17. The van der Waals surface area contributed by atoms with Gasteiger partial charge in [-0.2, -0.15) is 0 Å². The first-order valence-electron chi connectivity index (χ1n) is 6.91. The Morgan fingerprint density at radius 3 is 2.60 bits per heavy atom. The van der Waals surface area contributed by atoms with Crippen LogP contribution >= 0.6 is 0 Å². The van der Waals surface area contributed by atoms with Crippen molar-refractivity contribution in [3.8, 4) is 0 Å². The molecule has 2 N–H and O–H groups in total. The molecule has 1 amide bonds. The van der Waals surface area contributed by atoms with E-state index in [0.29, 0.717) is 24.3 Å². The number of nitrogens with one attached hydrogen (secondary N) is 1. The zero-order chi connectivity index (χ0) is 14.8. The fraction of sp³-hybridized carbons (Fsp3) is 0.533. The maximum absolute atomic E-state index is 12.3. The van der Waals surface area contributed by atoms with Crippen LogP contribution in [0.1, 0.15) is 48.7 Å². The van der Waals surface area contributed by atoms with Crippen LogP contribution in [0.25, 0.3) is 0 Å². The number of aryl methyl sites for hydroxylation is 1. The molecule has 0 spiro atoms. The monoisotopic (exact) mass is 276 g/mol. The van der Waals surface area contributed by atoms with Crippen LogP contribution in [0, 0.1) is 12.8 Å². The van der Waals surface area contributed by atoms with Crippen LogP contribution < -0.4 is 5.32 Å². The molecular formula is C15H20N2O3.